The van der Waals surface area contributed by atoms with Crippen LogP contribution in [0.2, 0.25) is 0 Å². The van der Waals surface area contributed by atoms with Crippen LogP contribution in [-0.4, -0.2) is 17.7 Å². The summed E-state index contributed by atoms with van der Waals surface area (Å²) in [5.74, 6) is -0.234. The molecule has 0 radical (unpaired) electrons. The Balaban J connectivity index is 2.01. The highest BCUT2D eigenvalue weighted by Crippen LogP contribution is 2.27. The topological polar surface area (TPSA) is 38.3 Å². The maximum absolute atomic E-state index is 13.5. The van der Waals surface area contributed by atoms with Gasteiger partial charge in [-0.1, -0.05) is 0 Å². The molecule has 0 saturated heterocycles. The van der Waals surface area contributed by atoms with Crippen LogP contribution in [0.1, 0.15) is 38.3 Å². The predicted octanol–water partition coefficient (Wildman–Crippen LogP) is 3.97. The highest BCUT2D eigenvalue weighted by atomic mass is 79.9. The molecule has 1 N–H and O–H groups in total. The van der Waals surface area contributed by atoms with E-state index < -0.39 is 11.7 Å². The third-order valence-electron chi connectivity index (χ3n) is 3.19. The summed E-state index contributed by atoms with van der Waals surface area (Å²) in [6.07, 6.45) is 1.87. The summed E-state index contributed by atoms with van der Waals surface area (Å²) < 4.78 is 19.2. The smallest absolute Gasteiger partial charge is 0.407 e. The summed E-state index contributed by atoms with van der Waals surface area (Å²) in [6.45, 7) is 5.51. The maximum Gasteiger partial charge on any atom is 0.407 e. The lowest BCUT2D eigenvalue weighted by atomic mass is 9.88. The number of hydrogen-bond donors (Lipinski definition) is 1. The fourth-order valence-electron chi connectivity index (χ4n) is 2.35. The van der Waals surface area contributed by atoms with Crippen molar-refractivity contribution in [3.05, 3.63) is 33.5 Å². The van der Waals surface area contributed by atoms with Crippen molar-refractivity contribution in [2.75, 3.05) is 0 Å². The monoisotopic (exact) mass is 343 g/mol. The molecule has 0 heterocycles. The molecule has 1 atom stereocenters. The summed E-state index contributed by atoms with van der Waals surface area (Å²) in [5.41, 5.74) is 1.60. The van der Waals surface area contributed by atoms with Gasteiger partial charge >= 0.3 is 6.09 Å². The van der Waals surface area contributed by atoms with Gasteiger partial charge in [0.1, 0.15) is 11.4 Å². The summed E-state index contributed by atoms with van der Waals surface area (Å²) in [4.78, 5) is 11.8. The standard InChI is InChI=1S/C15H19BrFNO2/c1-15(2,3)20-14(19)18-11-5-4-9-8-13(17)12(16)7-10(9)6-11/h7-8,11H,4-6H2,1-3H3,(H,18,19)/t11-/m1/s1. The van der Waals surface area contributed by atoms with Gasteiger partial charge in [-0.3, -0.25) is 0 Å². The van der Waals surface area contributed by atoms with Crippen LogP contribution in [-0.2, 0) is 17.6 Å². The molecule has 0 bridgehead atoms. The second kappa shape index (κ2) is 5.72. The fraction of sp³-hybridized carbons (Fsp3) is 0.533. The lowest BCUT2D eigenvalue weighted by Crippen LogP contribution is -2.41. The number of aryl methyl sites for hydroxylation is 1. The molecule has 0 saturated carbocycles. The Morgan fingerprint density at radius 1 is 1.40 bits per heavy atom. The SMILES string of the molecule is CC(C)(C)OC(=O)N[C@@H]1CCc2cc(F)c(Br)cc2C1. The lowest BCUT2D eigenvalue weighted by molar-refractivity contribution is 0.0500. The Hall–Kier alpha value is -1.10. The Morgan fingerprint density at radius 3 is 2.75 bits per heavy atom. The zero-order chi connectivity index (χ0) is 14.9. The van der Waals surface area contributed by atoms with Gasteiger partial charge in [0, 0.05) is 6.04 Å². The van der Waals surface area contributed by atoms with E-state index in [0.717, 1.165) is 24.0 Å². The van der Waals surface area contributed by atoms with Gasteiger partial charge in [-0.25, -0.2) is 9.18 Å². The number of ether oxygens (including phenoxy) is 1. The number of hydrogen-bond acceptors (Lipinski definition) is 2. The van der Waals surface area contributed by atoms with Crippen molar-refractivity contribution in [3.8, 4) is 0 Å². The van der Waals surface area contributed by atoms with Gasteiger partial charge in [-0.2, -0.15) is 0 Å². The number of nitrogens with one attached hydrogen (secondary N) is 1. The zero-order valence-corrected chi connectivity index (χ0v) is 13.5. The van der Waals surface area contributed by atoms with Crippen molar-refractivity contribution in [3.63, 3.8) is 0 Å². The molecule has 0 spiro atoms. The van der Waals surface area contributed by atoms with E-state index in [1.807, 2.05) is 20.8 Å². The first-order valence-corrected chi connectivity index (χ1v) is 7.50. The highest BCUT2D eigenvalue weighted by Gasteiger charge is 2.24. The van der Waals surface area contributed by atoms with Crippen molar-refractivity contribution in [1.29, 1.82) is 0 Å². The van der Waals surface area contributed by atoms with Crippen LogP contribution in [0.5, 0.6) is 0 Å². The van der Waals surface area contributed by atoms with Gasteiger partial charge in [0.2, 0.25) is 0 Å². The minimum atomic E-state index is -0.497. The number of halogens is 2. The van der Waals surface area contributed by atoms with Gasteiger partial charge in [0.25, 0.3) is 0 Å². The summed E-state index contributed by atoms with van der Waals surface area (Å²) in [5, 5.41) is 2.88. The van der Waals surface area contributed by atoms with Crippen LogP contribution in [0.3, 0.4) is 0 Å². The first-order chi connectivity index (χ1) is 9.24. The van der Waals surface area contributed by atoms with Crippen molar-refractivity contribution >= 4 is 22.0 Å². The van der Waals surface area contributed by atoms with Crippen molar-refractivity contribution in [1.82, 2.24) is 5.32 Å². The quantitative estimate of drug-likeness (QED) is 0.837. The van der Waals surface area contributed by atoms with E-state index in [1.54, 1.807) is 12.1 Å². The fourth-order valence-corrected chi connectivity index (χ4v) is 2.74. The summed E-state index contributed by atoms with van der Waals surface area (Å²) in [7, 11) is 0. The van der Waals surface area contributed by atoms with E-state index >= 15 is 0 Å². The molecule has 0 aromatic heterocycles. The number of carbonyl (C=O) groups is 1. The van der Waals surface area contributed by atoms with E-state index in [-0.39, 0.29) is 11.9 Å². The van der Waals surface area contributed by atoms with Crippen LogP contribution in [0, 0.1) is 5.82 Å². The van der Waals surface area contributed by atoms with Gasteiger partial charge < -0.3 is 10.1 Å². The van der Waals surface area contributed by atoms with Gasteiger partial charge in [0.05, 0.1) is 4.47 Å². The van der Waals surface area contributed by atoms with E-state index in [1.165, 1.54) is 0 Å². The lowest BCUT2D eigenvalue weighted by Gasteiger charge is -2.27. The maximum atomic E-state index is 13.5. The highest BCUT2D eigenvalue weighted by molar-refractivity contribution is 9.10. The molecule has 5 heteroatoms. The third-order valence-corrected chi connectivity index (χ3v) is 3.80. The number of fused-ring (bicyclic) bond motifs is 1. The minimum absolute atomic E-state index is 0.0368. The molecule has 1 aliphatic carbocycles. The van der Waals surface area contributed by atoms with E-state index in [9.17, 15) is 9.18 Å². The van der Waals surface area contributed by atoms with Gasteiger partial charge in [0.15, 0.2) is 0 Å². The minimum Gasteiger partial charge on any atom is -0.444 e. The third kappa shape index (κ3) is 3.95. The van der Waals surface area contributed by atoms with Crippen LogP contribution in [0.25, 0.3) is 0 Å². The van der Waals surface area contributed by atoms with Crippen molar-refractivity contribution < 1.29 is 13.9 Å². The Labute approximate surface area is 127 Å². The summed E-state index contributed by atoms with van der Waals surface area (Å²) in [6, 6.07) is 3.41. The largest absolute Gasteiger partial charge is 0.444 e. The van der Waals surface area contributed by atoms with Gasteiger partial charge in [-0.15, -0.1) is 0 Å². The molecule has 1 amide bonds. The molecule has 0 fully saturated rings. The molecule has 1 aliphatic rings. The van der Waals surface area contributed by atoms with Crippen molar-refractivity contribution in [2.45, 2.75) is 51.7 Å². The Kier molecular flexibility index (Phi) is 4.37. The van der Waals surface area contributed by atoms with E-state index in [0.29, 0.717) is 10.9 Å². The number of rotatable bonds is 1. The number of alkyl carbamates (subject to hydrolysis) is 1. The molecule has 110 valence electrons. The average molecular weight is 344 g/mol. The van der Waals surface area contributed by atoms with Crippen LogP contribution in [0.15, 0.2) is 16.6 Å². The molecule has 1 aromatic rings. The second-order valence-electron chi connectivity index (χ2n) is 6.12. The average Bonchev–Trinajstić information content (AvgIpc) is 2.28. The van der Waals surface area contributed by atoms with E-state index in [4.69, 9.17) is 4.74 Å². The van der Waals surface area contributed by atoms with Crippen molar-refractivity contribution in [2.24, 2.45) is 0 Å². The van der Waals surface area contributed by atoms with Gasteiger partial charge in [-0.05, 0) is 79.2 Å². The molecule has 20 heavy (non-hydrogen) atoms. The first-order valence-electron chi connectivity index (χ1n) is 6.71. The molecule has 2 rings (SSSR count). The van der Waals surface area contributed by atoms with Crippen LogP contribution in [0.4, 0.5) is 9.18 Å². The molecular weight excluding hydrogens is 325 g/mol. The molecule has 0 unspecified atom stereocenters. The molecular formula is C15H19BrFNO2. The van der Waals surface area contributed by atoms with Crippen LogP contribution >= 0.6 is 15.9 Å². The predicted molar refractivity (Wildman–Crippen MR) is 79.3 cm³/mol. The number of amides is 1. The molecule has 1 aromatic carbocycles. The van der Waals surface area contributed by atoms with Crippen LogP contribution < -0.4 is 5.32 Å². The normalized spacial score (nSPS) is 18.4. The first kappa shape index (κ1) is 15.3. The Morgan fingerprint density at radius 2 is 2.10 bits per heavy atom. The second-order valence-corrected chi connectivity index (χ2v) is 6.98. The zero-order valence-electron chi connectivity index (χ0n) is 11.9. The molecule has 3 nitrogen and oxygen atoms in total. The van der Waals surface area contributed by atoms with E-state index in [2.05, 4.69) is 21.2 Å². The Bertz CT molecular complexity index is 525. The molecule has 0 aliphatic heterocycles. The summed E-state index contributed by atoms with van der Waals surface area (Å²) >= 11 is 3.20. The number of benzene rings is 1. The number of carbonyl (C=O) groups excluding carboxylic acids is 1.